The zero-order valence-corrected chi connectivity index (χ0v) is 10.8. The van der Waals surface area contributed by atoms with Crippen LogP contribution in [-0.2, 0) is 4.74 Å². The van der Waals surface area contributed by atoms with Crippen LogP contribution in [0.2, 0.25) is 0 Å². The molecular weight excluding hydrogens is 212 g/mol. The molecule has 17 heavy (non-hydrogen) atoms. The van der Waals surface area contributed by atoms with Crippen molar-refractivity contribution in [3.63, 3.8) is 0 Å². The molecule has 1 aliphatic heterocycles. The summed E-state index contributed by atoms with van der Waals surface area (Å²) in [6.45, 7) is 3.29. The lowest BCUT2D eigenvalue weighted by atomic mass is 9.89. The monoisotopic (exact) mass is 238 g/mol. The van der Waals surface area contributed by atoms with Crippen molar-refractivity contribution in [1.82, 2.24) is 4.90 Å². The molecule has 3 heteroatoms. The molecule has 4 unspecified atom stereocenters. The fourth-order valence-corrected chi connectivity index (χ4v) is 4.00. The van der Waals surface area contributed by atoms with Crippen LogP contribution in [0.25, 0.3) is 0 Å². The molecule has 2 saturated carbocycles. The molecule has 4 atom stereocenters. The number of nitrogens with two attached hydrogens (primary N) is 1. The van der Waals surface area contributed by atoms with Crippen molar-refractivity contribution in [2.24, 2.45) is 11.7 Å². The van der Waals surface area contributed by atoms with Crippen molar-refractivity contribution >= 4 is 0 Å². The maximum absolute atomic E-state index is 6.21. The quantitative estimate of drug-likeness (QED) is 0.796. The van der Waals surface area contributed by atoms with Crippen LogP contribution >= 0.6 is 0 Å². The maximum atomic E-state index is 6.21. The molecule has 0 aromatic rings. The van der Waals surface area contributed by atoms with Crippen LogP contribution in [0.1, 0.15) is 44.9 Å². The van der Waals surface area contributed by atoms with Gasteiger partial charge in [-0.2, -0.15) is 0 Å². The van der Waals surface area contributed by atoms with Gasteiger partial charge in [0.2, 0.25) is 0 Å². The molecule has 0 radical (unpaired) electrons. The summed E-state index contributed by atoms with van der Waals surface area (Å²) in [5, 5.41) is 0. The minimum absolute atomic E-state index is 0.458. The highest BCUT2D eigenvalue weighted by Gasteiger charge is 2.36. The summed E-state index contributed by atoms with van der Waals surface area (Å²) in [7, 11) is 0. The van der Waals surface area contributed by atoms with Gasteiger partial charge in [0, 0.05) is 25.2 Å². The number of rotatable bonds is 2. The highest BCUT2D eigenvalue weighted by molar-refractivity contribution is 4.90. The van der Waals surface area contributed by atoms with E-state index < -0.39 is 0 Å². The third-order valence-electron chi connectivity index (χ3n) is 5.03. The summed E-state index contributed by atoms with van der Waals surface area (Å²) in [6, 6.07) is 1.16. The number of fused-ring (bicyclic) bond motifs is 1. The minimum Gasteiger partial charge on any atom is -0.375 e. The van der Waals surface area contributed by atoms with E-state index in [-0.39, 0.29) is 0 Å². The molecule has 3 rings (SSSR count). The molecule has 98 valence electrons. The predicted molar refractivity (Wildman–Crippen MR) is 68.9 cm³/mol. The highest BCUT2D eigenvalue weighted by atomic mass is 16.5. The fourth-order valence-electron chi connectivity index (χ4n) is 4.00. The first-order valence-corrected chi connectivity index (χ1v) is 7.46. The summed E-state index contributed by atoms with van der Waals surface area (Å²) >= 11 is 0. The number of hydrogen-bond acceptors (Lipinski definition) is 3. The van der Waals surface area contributed by atoms with E-state index in [4.69, 9.17) is 10.5 Å². The lowest BCUT2D eigenvalue weighted by Crippen LogP contribution is -2.54. The Bertz CT molecular complexity index is 257. The summed E-state index contributed by atoms with van der Waals surface area (Å²) in [6.07, 6.45) is 9.80. The highest BCUT2D eigenvalue weighted by Crippen LogP contribution is 2.31. The zero-order chi connectivity index (χ0) is 11.7. The van der Waals surface area contributed by atoms with E-state index in [0.717, 1.165) is 19.1 Å². The Labute approximate surface area is 105 Å². The average molecular weight is 238 g/mol. The van der Waals surface area contributed by atoms with Gasteiger partial charge in [-0.25, -0.2) is 0 Å². The Morgan fingerprint density at radius 3 is 2.76 bits per heavy atom. The maximum Gasteiger partial charge on any atom is 0.0730 e. The van der Waals surface area contributed by atoms with E-state index >= 15 is 0 Å². The second kappa shape index (κ2) is 5.25. The summed E-state index contributed by atoms with van der Waals surface area (Å²) in [5.41, 5.74) is 6.21. The van der Waals surface area contributed by atoms with Crippen LogP contribution in [0.3, 0.4) is 0 Å². The van der Waals surface area contributed by atoms with E-state index in [1.54, 1.807) is 0 Å². The van der Waals surface area contributed by atoms with Crippen molar-refractivity contribution in [2.45, 2.75) is 63.1 Å². The first-order chi connectivity index (χ1) is 8.34. The first kappa shape index (κ1) is 11.9. The minimum atomic E-state index is 0.458. The van der Waals surface area contributed by atoms with Crippen molar-refractivity contribution < 1.29 is 4.74 Å². The van der Waals surface area contributed by atoms with Gasteiger partial charge in [0.15, 0.2) is 0 Å². The predicted octanol–water partition coefficient (Wildman–Crippen LogP) is 1.76. The number of nitrogens with zero attached hydrogens (tertiary/aromatic N) is 1. The van der Waals surface area contributed by atoms with Gasteiger partial charge in [-0.05, 0) is 31.6 Å². The Balaban J connectivity index is 1.61. The molecule has 2 aliphatic carbocycles. The van der Waals surface area contributed by atoms with E-state index in [1.165, 1.54) is 51.5 Å². The van der Waals surface area contributed by atoms with Gasteiger partial charge in [0.05, 0.1) is 12.7 Å². The summed E-state index contributed by atoms with van der Waals surface area (Å²) < 4.78 is 5.93. The van der Waals surface area contributed by atoms with Crippen LogP contribution in [0, 0.1) is 5.92 Å². The van der Waals surface area contributed by atoms with Crippen LogP contribution in [-0.4, -0.2) is 42.8 Å². The van der Waals surface area contributed by atoms with E-state index in [9.17, 15) is 0 Å². The van der Waals surface area contributed by atoms with Gasteiger partial charge >= 0.3 is 0 Å². The van der Waals surface area contributed by atoms with Crippen LogP contribution in [0.5, 0.6) is 0 Å². The molecule has 0 amide bonds. The van der Waals surface area contributed by atoms with Gasteiger partial charge in [0.25, 0.3) is 0 Å². The Kier molecular flexibility index (Phi) is 3.69. The Morgan fingerprint density at radius 1 is 1.06 bits per heavy atom. The van der Waals surface area contributed by atoms with Gasteiger partial charge < -0.3 is 10.5 Å². The zero-order valence-electron chi connectivity index (χ0n) is 10.8. The molecule has 0 aromatic heterocycles. The molecule has 0 spiro atoms. The van der Waals surface area contributed by atoms with Crippen molar-refractivity contribution in [3.05, 3.63) is 0 Å². The molecule has 1 saturated heterocycles. The topological polar surface area (TPSA) is 38.5 Å². The van der Waals surface area contributed by atoms with Gasteiger partial charge in [-0.3, -0.25) is 4.90 Å². The molecule has 0 bridgehead atoms. The van der Waals surface area contributed by atoms with Crippen molar-refractivity contribution in [2.75, 3.05) is 19.7 Å². The summed E-state index contributed by atoms with van der Waals surface area (Å²) in [5.74, 6) is 0.746. The van der Waals surface area contributed by atoms with Crippen molar-refractivity contribution in [3.8, 4) is 0 Å². The largest absolute Gasteiger partial charge is 0.375 e. The Morgan fingerprint density at radius 2 is 1.94 bits per heavy atom. The second-order valence-corrected chi connectivity index (χ2v) is 6.11. The molecule has 3 aliphatic rings. The lowest BCUT2D eigenvalue weighted by molar-refractivity contribution is -0.0922. The molecule has 3 fully saturated rings. The average Bonchev–Trinajstić information content (AvgIpc) is 2.76. The van der Waals surface area contributed by atoms with Crippen LogP contribution in [0.15, 0.2) is 0 Å². The normalized spacial score (nSPS) is 43.6. The number of ether oxygens (including phenoxy) is 1. The van der Waals surface area contributed by atoms with Crippen LogP contribution in [0.4, 0.5) is 0 Å². The van der Waals surface area contributed by atoms with E-state index in [1.807, 2.05) is 0 Å². The third-order valence-corrected chi connectivity index (χ3v) is 5.03. The van der Waals surface area contributed by atoms with Crippen LogP contribution < -0.4 is 5.73 Å². The SMILES string of the molecule is NC1CCCC1CN1CCOC2CCCCC21. The second-order valence-electron chi connectivity index (χ2n) is 6.11. The standard InChI is InChI=1S/C14H26N2O/c15-12-5-3-4-11(12)10-16-8-9-17-14-7-2-1-6-13(14)16/h11-14H,1-10,15H2. The smallest absolute Gasteiger partial charge is 0.0730 e. The van der Waals surface area contributed by atoms with Gasteiger partial charge in [-0.1, -0.05) is 19.3 Å². The molecular formula is C14H26N2O. The van der Waals surface area contributed by atoms with Gasteiger partial charge in [0.1, 0.15) is 0 Å². The van der Waals surface area contributed by atoms with Gasteiger partial charge in [-0.15, -0.1) is 0 Å². The van der Waals surface area contributed by atoms with Crippen molar-refractivity contribution in [1.29, 1.82) is 0 Å². The molecule has 2 N–H and O–H groups in total. The summed E-state index contributed by atoms with van der Waals surface area (Å²) in [4.78, 5) is 2.70. The fraction of sp³-hybridized carbons (Fsp3) is 1.00. The lowest BCUT2D eigenvalue weighted by Gasteiger charge is -2.45. The molecule has 3 nitrogen and oxygen atoms in total. The molecule has 0 aromatic carbocycles. The number of morpholine rings is 1. The van der Waals surface area contributed by atoms with E-state index in [2.05, 4.69) is 4.90 Å². The Hall–Kier alpha value is -0.120. The third kappa shape index (κ3) is 2.51. The molecule has 1 heterocycles. The first-order valence-electron chi connectivity index (χ1n) is 7.46. The number of hydrogen-bond donors (Lipinski definition) is 1. The van der Waals surface area contributed by atoms with E-state index in [0.29, 0.717) is 18.2 Å².